The fraction of sp³-hybridized carbons (Fsp3) is 0.333. The maximum Gasteiger partial charge on any atom is 0.247 e. The molecular formula is C18H20FN3O2S. The molecule has 1 aliphatic rings. The number of carbonyl (C=O) groups is 2. The van der Waals surface area contributed by atoms with Crippen molar-refractivity contribution in [1.29, 1.82) is 0 Å². The van der Waals surface area contributed by atoms with Gasteiger partial charge in [-0.2, -0.15) is 0 Å². The highest BCUT2D eigenvalue weighted by Gasteiger charge is 2.45. The molecule has 1 fully saturated rings. The van der Waals surface area contributed by atoms with E-state index in [9.17, 15) is 14.0 Å². The van der Waals surface area contributed by atoms with Crippen molar-refractivity contribution in [3.63, 3.8) is 0 Å². The van der Waals surface area contributed by atoms with Gasteiger partial charge in [-0.05, 0) is 36.1 Å². The number of likely N-dealkylation sites (N-methyl/N-ethyl adjacent to an activating group) is 1. The predicted molar refractivity (Wildman–Crippen MR) is 96.0 cm³/mol. The fourth-order valence-electron chi connectivity index (χ4n) is 3.12. The van der Waals surface area contributed by atoms with E-state index >= 15 is 0 Å². The molecule has 1 aliphatic heterocycles. The molecule has 1 atom stereocenters. The molecule has 2 aromatic rings. The van der Waals surface area contributed by atoms with Crippen LogP contribution in [0.3, 0.4) is 0 Å². The van der Waals surface area contributed by atoms with E-state index in [1.807, 2.05) is 17.5 Å². The number of hydrogen-bond donors (Lipinski definition) is 2. The van der Waals surface area contributed by atoms with Crippen molar-refractivity contribution in [2.45, 2.75) is 18.4 Å². The molecule has 25 heavy (non-hydrogen) atoms. The van der Waals surface area contributed by atoms with Gasteiger partial charge < -0.3 is 15.5 Å². The van der Waals surface area contributed by atoms with E-state index in [2.05, 4.69) is 10.6 Å². The van der Waals surface area contributed by atoms with Crippen molar-refractivity contribution >= 4 is 28.8 Å². The molecule has 1 aromatic carbocycles. The number of hydrogen-bond acceptors (Lipinski definition) is 4. The number of anilines is 1. The van der Waals surface area contributed by atoms with Gasteiger partial charge >= 0.3 is 0 Å². The highest BCUT2D eigenvalue weighted by Crippen LogP contribution is 2.28. The first-order valence-corrected chi connectivity index (χ1v) is 8.96. The summed E-state index contributed by atoms with van der Waals surface area (Å²) < 4.78 is 13.5. The van der Waals surface area contributed by atoms with Crippen molar-refractivity contribution in [3.05, 3.63) is 52.5 Å². The lowest BCUT2D eigenvalue weighted by Gasteiger charge is -2.30. The zero-order chi connectivity index (χ0) is 17.9. The molecule has 3 rings (SSSR count). The first kappa shape index (κ1) is 17.4. The third-order valence-corrected chi connectivity index (χ3v) is 5.27. The van der Waals surface area contributed by atoms with E-state index in [1.165, 1.54) is 12.1 Å². The van der Waals surface area contributed by atoms with Crippen molar-refractivity contribution in [2.24, 2.45) is 0 Å². The number of halogens is 1. The van der Waals surface area contributed by atoms with Gasteiger partial charge in [-0.15, -0.1) is 11.3 Å². The Morgan fingerprint density at radius 3 is 2.84 bits per heavy atom. The standard InChI is InChI=1S/C18H20FN3O2S/c1-20-17(24)18(21-14-5-2-4-13(19)10-14)7-8-22(12-18)16(23)11-15-6-3-9-25-15/h2-6,9-10,21H,7-8,11-12H2,1H3,(H,20,24). The van der Waals surface area contributed by atoms with Gasteiger partial charge in [0.25, 0.3) is 0 Å². The second kappa shape index (κ2) is 7.23. The monoisotopic (exact) mass is 361 g/mol. The number of likely N-dealkylation sites (tertiary alicyclic amines) is 1. The molecule has 0 aliphatic carbocycles. The van der Waals surface area contributed by atoms with Crippen LogP contribution in [0.5, 0.6) is 0 Å². The first-order valence-electron chi connectivity index (χ1n) is 8.08. The second-order valence-electron chi connectivity index (χ2n) is 6.12. The molecule has 0 saturated carbocycles. The zero-order valence-electron chi connectivity index (χ0n) is 13.9. The van der Waals surface area contributed by atoms with Crippen LogP contribution in [0, 0.1) is 5.82 Å². The van der Waals surface area contributed by atoms with Crippen LogP contribution in [-0.4, -0.2) is 42.4 Å². The van der Waals surface area contributed by atoms with E-state index in [1.54, 1.807) is 35.4 Å². The molecule has 132 valence electrons. The minimum Gasteiger partial charge on any atom is -0.370 e. The minimum atomic E-state index is -0.951. The smallest absolute Gasteiger partial charge is 0.247 e. The fourth-order valence-corrected chi connectivity index (χ4v) is 3.82. The number of thiophene rings is 1. The van der Waals surface area contributed by atoms with Crippen molar-refractivity contribution < 1.29 is 14.0 Å². The Kier molecular flexibility index (Phi) is 5.03. The van der Waals surface area contributed by atoms with Crippen LogP contribution >= 0.6 is 11.3 Å². The first-order chi connectivity index (χ1) is 12.0. The third-order valence-electron chi connectivity index (χ3n) is 4.40. The van der Waals surface area contributed by atoms with Crippen LogP contribution < -0.4 is 10.6 Å². The second-order valence-corrected chi connectivity index (χ2v) is 7.15. The van der Waals surface area contributed by atoms with Crippen molar-refractivity contribution in [2.75, 3.05) is 25.5 Å². The van der Waals surface area contributed by atoms with E-state index < -0.39 is 5.54 Å². The molecule has 2 N–H and O–H groups in total. The Labute approximate surface area is 149 Å². The van der Waals surface area contributed by atoms with Gasteiger partial charge in [-0.25, -0.2) is 4.39 Å². The predicted octanol–water partition coefficient (Wildman–Crippen LogP) is 2.26. The summed E-state index contributed by atoms with van der Waals surface area (Å²) in [6, 6.07) is 9.84. The topological polar surface area (TPSA) is 61.4 Å². The molecule has 5 nitrogen and oxygen atoms in total. The quantitative estimate of drug-likeness (QED) is 0.859. The number of nitrogens with zero attached hydrogens (tertiary/aromatic N) is 1. The van der Waals surface area contributed by atoms with E-state index in [0.29, 0.717) is 25.1 Å². The molecule has 0 bridgehead atoms. The van der Waals surface area contributed by atoms with E-state index in [0.717, 1.165) is 4.88 Å². The molecule has 1 unspecified atom stereocenters. The summed E-state index contributed by atoms with van der Waals surface area (Å²) in [6.07, 6.45) is 0.806. The van der Waals surface area contributed by atoms with E-state index in [-0.39, 0.29) is 24.2 Å². The lowest BCUT2D eigenvalue weighted by atomic mass is 9.96. The Morgan fingerprint density at radius 1 is 1.32 bits per heavy atom. The van der Waals surface area contributed by atoms with Gasteiger partial charge in [-0.3, -0.25) is 9.59 Å². The highest BCUT2D eigenvalue weighted by molar-refractivity contribution is 7.10. The average molecular weight is 361 g/mol. The maximum absolute atomic E-state index is 13.5. The van der Waals surface area contributed by atoms with Crippen LogP contribution in [-0.2, 0) is 16.0 Å². The summed E-state index contributed by atoms with van der Waals surface area (Å²) in [5.74, 6) is -0.585. The third kappa shape index (κ3) is 3.82. The Hall–Kier alpha value is -2.41. The summed E-state index contributed by atoms with van der Waals surface area (Å²) >= 11 is 1.54. The lowest BCUT2D eigenvalue weighted by Crippen LogP contribution is -2.54. The number of amides is 2. The van der Waals surface area contributed by atoms with Crippen molar-refractivity contribution in [1.82, 2.24) is 10.2 Å². The average Bonchev–Trinajstić information content (AvgIpc) is 3.25. The van der Waals surface area contributed by atoms with Crippen molar-refractivity contribution in [3.8, 4) is 0 Å². The SMILES string of the molecule is CNC(=O)C1(Nc2cccc(F)c2)CCN(C(=O)Cc2cccs2)C1. The minimum absolute atomic E-state index is 0.00531. The summed E-state index contributed by atoms with van der Waals surface area (Å²) in [6.45, 7) is 0.743. The van der Waals surface area contributed by atoms with Gasteiger partial charge in [-0.1, -0.05) is 12.1 Å². The number of rotatable bonds is 5. The van der Waals surface area contributed by atoms with Gasteiger partial charge in [0.1, 0.15) is 11.4 Å². The zero-order valence-corrected chi connectivity index (χ0v) is 14.7. The van der Waals surface area contributed by atoms with Gasteiger partial charge in [0.2, 0.25) is 11.8 Å². The summed E-state index contributed by atoms with van der Waals surface area (Å²) in [4.78, 5) is 27.7. The van der Waals surface area contributed by atoms with Gasteiger partial charge in [0, 0.05) is 24.2 Å². The Bertz CT molecular complexity index is 765. The Morgan fingerprint density at radius 2 is 2.16 bits per heavy atom. The summed E-state index contributed by atoms with van der Waals surface area (Å²) in [5, 5.41) is 7.74. The molecule has 2 amide bonds. The van der Waals surface area contributed by atoms with Crippen LogP contribution in [0.1, 0.15) is 11.3 Å². The molecule has 1 aromatic heterocycles. The van der Waals surface area contributed by atoms with Crippen LogP contribution in [0.4, 0.5) is 10.1 Å². The normalized spacial score (nSPS) is 19.7. The van der Waals surface area contributed by atoms with Crippen LogP contribution in [0.2, 0.25) is 0 Å². The van der Waals surface area contributed by atoms with E-state index in [4.69, 9.17) is 0 Å². The number of carbonyl (C=O) groups excluding carboxylic acids is 2. The van der Waals surface area contributed by atoms with Gasteiger partial charge in [0.15, 0.2) is 0 Å². The lowest BCUT2D eigenvalue weighted by molar-refractivity contribution is -0.130. The largest absolute Gasteiger partial charge is 0.370 e. The molecular weight excluding hydrogens is 341 g/mol. The van der Waals surface area contributed by atoms with Crippen LogP contribution in [0.15, 0.2) is 41.8 Å². The Balaban J connectivity index is 1.76. The highest BCUT2D eigenvalue weighted by atomic mass is 32.1. The molecule has 7 heteroatoms. The summed E-state index contributed by atoms with van der Waals surface area (Å²) in [5.41, 5.74) is -0.427. The molecule has 0 spiro atoms. The number of nitrogens with one attached hydrogen (secondary N) is 2. The van der Waals surface area contributed by atoms with Crippen LogP contribution in [0.25, 0.3) is 0 Å². The van der Waals surface area contributed by atoms with Gasteiger partial charge in [0.05, 0.1) is 13.0 Å². The molecule has 1 saturated heterocycles. The number of benzene rings is 1. The molecule has 0 radical (unpaired) electrons. The molecule has 2 heterocycles. The summed E-state index contributed by atoms with van der Waals surface area (Å²) in [7, 11) is 1.56. The maximum atomic E-state index is 13.5.